The maximum absolute atomic E-state index is 11.8. The molecule has 0 amide bonds. The minimum absolute atomic E-state index is 0.00190. The first-order valence-corrected chi connectivity index (χ1v) is 8.91. The van der Waals surface area contributed by atoms with E-state index in [4.69, 9.17) is 15.6 Å². The van der Waals surface area contributed by atoms with Gasteiger partial charge in [0, 0.05) is 16.8 Å². The summed E-state index contributed by atoms with van der Waals surface area (Å²) in [4.78, 5) is 0. The maximum Gasteiger partial charge on any atom is 0.253 e. The Bertz CT molecular complexity index is 860. The molecule has 0 aromatic heterocycles. The lowest BCUT2D eigenvalue weighted by atomic mass is 9.65. The van der Waals surface area contributed by atoms with Crippen LogP contribution < -0.4 is 10.5 Å². The second-order valence-corrected chi connectivity index (χ2v) is 7.92. The number of hydrogen-bond acceptors (Lipinski definition) is 3. The van der Waals surface area contributed by atoms with Crippen molar-refractivity contribution in [2.45, 2.75) is 50.9 Å². The molecule has 2 aliphatic rings. The molecule has 4 nitrogen and oxygen atoms in total. The molecule has 5 N–H and O–H groups in total. The van der Waals surface area contributed by atoms with Gasteiger partial charge < -0.3 is 20.7 Å². The Balaban J connectivity index is 2.03. The number of benzene rings is 2. The fraction of sp³-hybridized carbons (Fsp3) is 0.429. The highest BCUT2D eigenvalue weighted by atomic mass is 16.6. The monoisotopic (exact) mass is 340 g/mol. The van der Waals surface area contributed by atoms with Gasteiger partial charge in [0.25, 0.3) is 5.79 Å². The third-order valence-electron chi connectivity index (χ3n) is 6.10. The lowest BCUT2D eigenvalue weighted by Crippen LogP contribution is -2.51. The Kier molecular flexibility index (Phi) is 3.28. The first kappa shape index (κ1) is 16.4. The summed E-state index contributed by atoms with van der Waals surface area (Å²) < 4.78 is 6.21. The van der Waals surface area contributed by atoms with Gasteiger partial charge in [-0.25, -0.2) is 0 Å². The quantitative estimate of drug-likeness (QED) is 0.650. The number of aliphatic hydroxyl groups is 1. The van der Waals surface area contributed by atoms with Crippen LogP contribution in [0.5, 0.6) is 5.75 Å². The minimum Gasteiger partial charge on any atom is -0.456 e. The lowest BCUT2D eigenvalue weighted by Gasteiger charge is -2.38. The summed E-state index contributed by atoms with van der Waals surface area (Å²) in [5, 5.41) is 20.8. The van der Waals surface area contributed by atoms with E-state index in [2.05, 4.69) is 19.9 Å². The lowest BCUT2D eigenvalue weighted by molar-refractivity contribution is -0.207. The van der Waals surface area contributed by atoms with Gasteiger partial charge in [-0.15, -0.1) is 0 Å². The zero-order valence-corrected chi connectivity index (χ0v) is 15.1. The summed E-state index contributed by atoms with van der Waals surface area (Å²) in [5.74, 6) is -0.504. The van der Waals surface area contributed by atoms with E-state index < -0.39 is 17.3 Å². The number of hydrogen-bond donors (Lipinski definition) is 2. The molecule has 3 unspecified atom stereocenters. The highest BCUT2D eigenvalue weighted by Gasteiger charge is 2.74. The van der Waals surface area contributed by atoms with Crippen molar-refractivity contribution >= 4 is 5.69 Å². The summed E-state index contributed by atoms with van der Waals surface area (Å²) in [6.07, 6.45) is -0.681. The average Bonchev–Trinajstić information content (AvgIpc) is 2.92. The molecule has 1 aliphatic carbocycles. The van der Waals surface area contributed by atoms with E-state index in [1.807, 2.05) is 38.1 Å². The topological polar surface area (TPSA) is 78.4 Å². The van der Waals surface area contributed by atoms with E-state index >= 15 is 0 Å². The normalized spacial score (nSPS) is 29.5. The number of ether oxygens (including phenoxy) is 1. The number of fused-ring (bicyclic) bond motifs is 5. The van der Waals surface area contributed by atoms with Crippen molar-refractivity contribution in [2.75, 3.05) is 5.73 Å². The van der Waals surface area contributed by atoms with Crippen LogP contribution in [0, 0.1) is 5.92 Å². The second kappa shape index (κ2) is 4.99. The van der Waals surface area contributed by atoms with Crippen molar-refractivity contribution in [1.82, 2.24) is 0 Å². The van der Waals surface area contributed by atoms with Gasteiger partial charge in [-0.05, 0) is 29.5 Å². The molecule has 0 spiro atoms. The van der Waals surface area contributed by atoms with Crippen LogP contribution in [0.4, 0.5) is 5.69 Å². The Morgan fingerprint density at radius 1 is 1.12 bits per heavy atom. The second-order valence-electron chi connectivity index (χ2n) is 7.92. The molecule has 0 saturated heterocycles. The molecule has 0 saturated carbocycles. The summed E-state index contributed by atoms with van der Waals surface area (Å²) >= 11 is 0. The number of rotatable bonds is 2. The minimum atomic E-state index is -1.56. The zero-order valence-electron chi connectivity index (χ0n) is 15.1. The van der Waals surface area contributed by atoms with Gasteiger partial charge in [0.1, 0.15) is 11.2 Å². The van der Waals surface area contributed by atoms with E-state index in [1.54, 1.807) is 6.07 Å². The molecular weight excluding hydrogens is 314 g/mol. The third-order valence-corrected chi connectivity index (χ3v) is 6.10. The summed E-state index contributed by atoms with van der Waals surface area (Å²) in [7, 11) is 0. The third kappa shape index (κ3) is 1.74. The first-order valence-electron chi connectivity index (χ1n) is 8.91. The molecule has 1 heterocycles. The van der Waals surface area contributed by atoms with Gasteiger partial charge in [0.15, 0.2) is 6.10 Å². The van der Waals surface area contributed by atoms with E-state index in [1.165, 1.54) is 0 Å². The fourth-order valence-electron chi connectivity index (χ4n) is 4.84. The fourth-order valence-corrected chi connectivity index (χ4v) is 4.84. The summed E-state index contributed by atoms with van der Waals surface area (Å²) in [5.41, 5.74) is 9.25. The SMILES string of the molecule is CC(C)c1ccc2c(c1)OC1(O)c3cccc(N)c3C([OH2+])C21C(C)C. The summed E-state index contributed by atoms with van der Waals surface area (Å²) in [6, 6.07) is 11.6. The molecule has 1 aliphatic heterocycles. The zero-order chi connectivity index (χ0) is 18.1. The Hall–Kier alpha value is -2.04. The molecule has 0 fully saturated rings. The van der Waals surface area contributed by atoms with Gasteiger partial charge in [-0.3, -0.25) is 0 Å². The smallest absolute Gasteiger partial charge is 0.253 e. The molecular formula is C21H26NO3+. The van der Waals surface area contributed by atoms with E-state index in [0.717, 1.165) is 11.1 Å². The van der Waals surface area contributed by atoms with Crippen molar-refractivity contribution in [3.8, 4) is 5.75 Å². The first-order chi connectivity index (χ1) is 11.7. The highest BCUT2D eigenvalue weighted by molar-refractivity contribution is 5.65. The van der Waals surface area contributed by atoms with Gasteiger partial charge in [0.2, 0.25) is 0 Å². The van der Waals surface area contributed by atoms with Gasteiger partial charge in [-0.1, -0.05) is 52.0 Å². The van der Waals surface area contributed by atoms with Crippen LogP contribution in [0.2, 0.25) is 0 Å². The predicted molar refractivity (Wildman–Crippen MR) is 98.8 cm³/mol. The highest BCUT2D eigenvalue weighted by Crippen LogP contribution is 2.67. The molecule has 4 rings (SSSR count). The molecule has 25 heavy (non-hydrogen) atoms. The summed E-state index contributed by atoms with van der Waals surface area (Å²) in [6.45, 7) is 8.36. The van der Waals surface area contributed by atoms with Crippen LogP contribution in [0.1, 0.15) is 62.0 Å². The standard InChI is InChI=1S/C21H25NO3/c1-11(2)13-8-9-14-17(10-13)25-21(24)15-6-5-7-16(22)18(15)19(23)20(14,21)12(3)4/h5-12,19,23-24H,22H2,1-4H3/p+1. The van der Waals surface area contributed by atoms with E-state index in [9.17, 15) is 5.11 Å². The Labute approximate surface area is 148 Å². The molecule has 2 aromatic rings. The van der Waals surface area contributed by atoms with Gasteiger partial charge >= 0.3 is 0 Å². The average molecular weight is 340 g/mol. The van der Waals surface area contributed by atoms with E-state index in [-0.39, 0.29) is 5.92 Å². The number of anilines is 1. The number of nitrogen functional groups attached to an aromatic ring is 1. The Morgan fingerprint density at radius 3 is 2.48 bits per heavy atom. The Morgan fingerprint density at radius 2 is 1.84 bits per heavy atom. The largest absolute Gasteiger partial charge is 0.456 e. The van der Waals surface area contributed by atoms with Crippen molar-refractivity contribution in [1.29, 1.82) is 0 Å². The van der Waals surface area contributed by atoms with Crippen molar-refractivity contribution < 1.29 is 14.9 Å². The predicted octanol–water partition coefficient (Wildman–Crippen LogP) is 3.30. The van der Waals surface area contributed by atoms with E-state index in [0.29, 0.717) is 28.5 Å². The molecule has 0 radical (unpaired) electrons. The molecule has 2 aromatic carbocycles. The van der Waals surface area contributed by atoms with Gasteiger partial charge in [0.05, 0.1) is 5.56 Å². The maximum atomic E-state index is 11.8. The molecule has 3 atom stereocenters. The molecule has 4 heteroatoms. The van der Waals surface area contributed by atoms with Crippen LogP contribution in [0.15, 0.2) is 36.4 Å². The van der Waals surface area contributed by atoms with Crippen molar-refractivity contribution in [3.63, 3.8) is 0 Å². The molecule has 132 valence electrons. The van der Waals surface area contributed by atoms with Crippen molar-refractivity contribution in [3.05, 3.63) is 58.7 Å². The van der Waals surface area contributed by atoms with Crippen LogP contribution >= 0.6 is 0 Å². The van der Waals surface area contributed by atoms with Gasteiger partial charge in [-0.2, -0.15) is 0 Å². The molecule has 0 bridgehead atoms. The van der Waals surface area contributed by atoms with Crippen LogP contribution in [0.25, 0.3) is 0 Å². The van der Waals surface area contributed by atoms with Crippen LogP contribution in [-0.2, 0) is 11.2 Å². The number of nitrogens with two attached hydrogens (primary N) is 1. The van der Waals surface area contributed by atoms with Crippen LogP contribution in [0.3, 0.4) is 0 Å². The van der Waals surface area contributed by atoms with Crippen molar-refractivity contribution in [2.24, 2.45) is 5.92 Å². The van der Waals surface area contributed by atoms with Crippen LogP contribution in [-0.4, -0.2) is 10.2 Å².